The minimum absolute atomic E-state index is 0.165. The molecular weight excluding hydrogens is 298 g/mol. The van der Waals surface area contributed by atoms with Gasteiger partial charge < -0.3 is 4.74 Å². The molecule has 0 aliphatic heterocycles. The highest BCUT2D eigenvalue weighted by Gasteiger charge is 2.28. The molecule has 1 aromatic carbocycles. The summed E-state index contributed by atoms with van der Waals surface area (Å²) in [5.41, 5.74) is 1.28. The van der Waals surface area contributed by atoms with E-state index in [0.29, 0.717) is 5.56 Å². The summed E-state index contributed by atoms with van der Waals surface area (Å²) < 4.78 is 56.1. The Hall–Kier alpha value is -2.37. The summed E-state index contributed by atoms with van der Waals surface area (Å²) in [6, 6.07) is 4.88. The minimum atomic E-state index is -4.38. The summed E-state index contributed by atoms with van der Waals surface area (Å²) in [7, 11) is 0. The Morgan fingerprint density at radius 3 is 2.59 bits per heavy atom. The van der Waals surface area contributed by atoms with Gasteiger partial charge in [-0.3, -0.25) is 0 Å². The summed E-state index contributed by atoms with van der Waals surface area (Å²) in [6.45, 7) is 5.37. The molecule has 0 spiro atoms. The summed E-state index contributed by atoms with van der Waals surface area (Å²) in [5, 5.41) is 0. The molecule has 0 radical (unpaired) electrons. The van der Waals surface area contributed by atoms with Crippen LogP contribution >= 0.6 is 0 Å². The molecular formula is C16H13F4NO. The van der Waals surface area contributed by atoms with Gasteiger partial charge in [-0.1, -0.05) is 18.7 Å². The van der Waals surface area contributed by atoms with Crippen LogP contribution in [-0.2, 0) is 6.42 Å². The highest BCUT2D eigenvalue weighted by Crippen LogP contribution is 2.29. The van der Waals surface area contributed by atoms with E-state index in [0.717, 1.165) is 17.7 Å². The number of ether oxygens (including phenoxy) is 1. The lowest BCUT2D eigenvalue weighted by Gasteiger charge is -2.11. The molecule has 2 aromatic rings. The van der Waals surface area contributed by atoms with Crippen LogP contribution in [-0.4, -0.2) is 11.2 Å². The number of nitrogens with zero attached hydrogens (tertiary/aromatic N) is 1. The number of rotatable bonds is 4. The zero-order chi connectivity index (χ0) is 16.3. The van der Waals surface area contributed by atoms with Crippen LogP contribution in [0.15, 0.2) is 37.0 Å². The Balaban J connectivity index is 2.26. The maximum Gasteiger partial charge on any atom is 0.393 e. The lowest BCUT2D eigenvalue weighted by Crippen LogP contribution is -2.11. The van der Waals surface area contributed by atoms with Crippen molar-refractivity contribution >= 4 is 6.08 Å². The molecule has 0 unspecified atom stereocenters. The van der Waals surface area contributed by atoms with Gasteiger partial charge >= 0.3 is 6.18 Å². The number of hydrogen-bond acceptors (Lipinski definition) is 2. The lowest BCUT2D eigenvalue weighted by molar-refractivity contribution is -0.127. The predicted molar refractivity (Wildman–Crippen MR) is 75.3 cm³/mol. The average molecular weight is 311 g/mol. The fraction of sp³-hybridized carbons (Fsp3) is 0.188. The highest BCUT2D eigenvalue weighted by molar-refractivity contribution is 5.54. The second-order valence-electron chi connectivity index (χ2n) is 4.69. The molecule has 0 saturated carbocycles. The normalized spacial score (nSPS) is 11.3. The third-order valence-electron chi connectivity index (χ3n) is 3.03. The molecule has 0 fully saturated rings. The Bertz CT molecular complexity index is 695. The van der Waals surface area contributed by atoms with E-state index in [9.17, 15) is 17.6 Å². The first-order chi connectivity index (χ1) is 10.3. The number of aromatic nitrogens is 1. The van der Waals surface area contributed by atoms with Crippen molar-refractivity contribution in [3.8, 4) is 11.6 Å². The van der Waals surface area contributed by atoms with Crippen LogP contribution in [0.3, 0.4) is 0 Å². The molecule has 2 rings (SSSR count). The van der Waals surface area contributed by atoms with E-state index in [2.05, 4.69) is 11.6 Å². The van der Waals surface area contributed by atoms with Crippen molar-refractivity contribution in [2.24, 2.45) is 0 Å². The van der Waals surface area contributed by atoms with Crippen LogP contribution in [0.25, 0.3) is 6.08 Å². The number of alkyl halides is 3. The molecule has 2 nitrogen and oxygen atoms in total. The van der Waals surface area contributed by atoms with Crippen LogP contribution in [0.1, 0.15) is 16.7 Å². The Labute approximate surface area is 125 Å². The van der Waals surface area contributed by atoms with Crippen molar-refractivity contribution in [2.45, 2.75) is 19.5 Å². The largest absolute Gasteiger partial charge is 0.436 e. The average Bonchev–Trinajstić information content (AvgIpc) is 2.42. The van der Waals surface area contributed by atoms with Crippen LogP contribution in [0.5, 0.6) is 11.6 Å². The zero-order valence-electron chi connectivity index (χ0n) is 11.7. The van der Waals surface area contributed by atoms with Crippen molar-refractivity contribution in [1.29, 1.82) is 0 Å². The fourth-order valence-electron chi connectivity index (χ4n) is 1.93. The van der Waals surface area contributed by atoms with E-state index in [1.165, 1.54) is 12.3 Å². The summed E-state index contributed by atoms with van der Waals surface area (Å²) >= 11 is 0. The van der Waals surface area contributed by atoms with Gasteiger partial charge in [0, 0.05) is 11.8 Å². The Morgan fingerprint density at radius 2 is 2.00 bits per heavy atom. The highest BCUT2D eigenvalue weighted by atomic mass is 19.4. The molecule has 0 bridgehead atoms. The molecule has 0 amide bonds. The first kappa shape index (κ1) is 16.0. The van der Waals surface area contributed by atoms with E-state index in [-0.39, 0.29) is 17.2 Å². The molecule has 22 heavy (non-hydrogen) atoms. The van der Waals surface area contributed by atoms with E-state index in [1.807, 2.05) is 0 Å². The van der Waals surface area contributed by atoms with Crippen molar-refractivity contribution in [1.82, 2.24) is 4.98 Å². The van der Waals surface area contributed by atoms with Crippen LogP contribution < -0.4 is 4.74 Å². The van der Waals surface area contributed by atoms with Gasteiger partial charge in [0.25, 0.3) is 0 Å². The molecule has 1 heterocycles. The van der Waals surface area contributed by atoms with Crippen LogP contribution in [0, 0.1) is 12.7 Å². The zero-order valence-corrected chi connectivity index (χ0v) is 11.7. The lowest BCUT2D eigenvalue weighted by atomic mass is 10.1. The summed E-state index contributed by atoms with van der Waals surface area (Å²) in [5.74, 6) is -0.866. The molecule has 0 aliphatic carbocycles. The van der Waals surface area contributed by atoms with E-state index in [4.69, 9.17) is 4.74 Å². The van der Waals surface area contributed by atoms with Crippen molar-refractivity contribution in [3.63, 3.8) is 0 Å². The second kappa shape index (κ2) is 6.17. The first-order valence-electron chi connectivity index (χ1n) is 6.41. The summed E-state index contributed by atoms with van der Waals surface area (Å²) in [6.07, 6.45) is -2.49. The molecule has 0 atom stereocenters. The molecule has 0 saturated heterocycles. The maximum absolute atomic E-state index is 13.9. The van der Waals surface area contributed by atoms with Gasteiger partial charge in [-0.05, 0) is 36.2 Å². The van der Waals surface area contributed by atoms with E-state index < -0.39 is 18.4 Å². The van der Waals surface area contributed by atoms with Crippen molar-refractivity contribution in [2.75, 3.05) is 0 Å². The Kier molecular flexibility index (Phi) is 4.49. The second-order valence-corrected chi connectivity index (χ2v) is 4.69. The van der Waals surface area contributed by atoms with E-state index in [1.54, 1.807) is 19.1 Å². The quantitative estimate of drug-likeness (QED) is 0.736. The van der Waals surface area contributed by atoms with Gasteiger partial charge in [0.05, 0.1) is 6.42 Å². The van der Waals surface area contributed by atoms with Crippen LogP contribution in [0.2, 0.25) is 0 Å². The van der Waals surface area contributed by atoms with Gasteiger partial charge in [-0.2, -0.15) is 13.2 Å². The Morgan fingerprint density at radius 1 is 1.27 bits per heavy atom. The van der Waals surface area contributed by atoms with Gasteiger partial charge in [0.2, 0.25) is 5.88 Å². The number of halogens is 4. The fourth-order valence-corrected chi connectivity index (χ4v) is 1.93. The molecule has 116 valence electrons. The molecule has 0 aliphatic rings. The predicted octanol–water partition coefficient (Wildman–Crippen LogP) is 5.07. The maximum atomic E-state index is 13.9. The smallest absolute Gasteiger partial charge is 0.393 e. The van der Waals surface area contributed by atoms with Gasteiger partial charge in [0.15, 0.2) is 11.6 Å². The van der Waals surface area contributed by atoms with E-state index >= 15 is 0 Å². The summed E-state index contributed by atoms with van der Waals surface area (Å²) in [4.78, 5) is 3.99. The van der Waals surface area contributed by atoms with Crippen molar-refractivity contribution < 1.29 is 22.3 Å². The van der Waals surface area contributed by atoms with Gasteiger partial charge in [-0.15, -0.1) is 0 Å². The van der Waals surface area contributed by atoms with Crippen molar-refractivity contribution in [3.05, 3.63) is 59.5 Å². The third-order valence-corrected chi connectivity index (χ3v) is 3.03. The third kappa shape index (κ3) is 3.84. The molecule has 1 aromatic heterocycles. The molecule has 6 heteroatoms. The standard InChI is InChI=1S/C16H13F4NO/c1-3-12-6-7-21-15(10(12)2)22-14-5-4-11(8-13(14)17)9-16(18,19)20/h3-8H,1,9H2,2H3. The van der Waals surface area contributed by atoms with Gasteiger partial charge in [-0.25, -0.2) is 9.37 Å². The number of benzene rings is 1. The number of hydrogen-bond donors (Lipinski definition) is 0. The SMILES string of the molecule is C=Cc1ccnc(Oc2ccc(CC(F)(F)F)cc2F)c1C. The molecule has 0 N–H and O–H groups in total. The number of pyridine rings is 1. The minimum Gasteiger partial charge on any atom is -0.436 e. The van der Waals surface area contributed by atoms with Gasteiger partial charge in [0.1, 0.15) is 0 Å². The first-order valence-corrected chi connectivity index (χ1v) is 6.41. The van der Waals surface area contributed by atoms with Crippen LogP contribution in [0.4, 0.5) is 17.6 Å². The monoisotopic (exact) mass is 311 g/mol. The topological polar surface area (TPSA) is 22.1 Å².